The number of amides is 1. The number of benzene rings is 1. The van der Waals surface area contributed by atoms with Gasteiger partial charge in [0.05, 0.1) is 39.5 Å². The maximum absolute atomic E-state index is 12.8. The van der Waals surface area contributed by atoms with Gasteiger partial charge in [-0.05, 0) is 58.2 Å². The molecule has 1 aromatic carbocycles. The van der Waals surface area contributed by atoms with Crippen molar-refractivity contribution in [2.24, 2.45) is 7.05 Å². The highest BCUT2D eigenvalue weighted by atomic mass is 32.1. The van der Waals surface area contributed by atoms with E-state index in [1.165, 1.54) is 5.56 Å². The minimum atomic E-state index is -0.526. The van der Waals surface area contributed by atoms with Crippen LogP contribution in [0.5, 0.6) is 0 Å². The van der Waals surface area contributed by atoms with E-state index in [1.54, 1.807) is 16.2 Å². The first kappa shape index (κ1) is 25.2. The molecule has 2 aliphatic heterocycles. The number of fused-ring (bicyclic) bond motifs is 5. The number of aromatic amines is 1. The lowest BCUT2D eigenvalue weighted by Crippen LogP contribution is -2.46. The minimum Gasteiger partial charge on any atom is -0.444 e. The molecular weight excluding hydrogens is 524 g/mol. The minimum absolute atomic E-state index is 0.268. The van der Waals surface area contributed by atoms with Gasteiger partial charge in [0.1, 0.15) is 11.2 Å². The highest BCUT2D eigenvalue weighted by molar-refractivity contribution is 7.15. The topological polar surface area (TPSA) is 98.2 Å². The van der Waals surface area contributed by atoms with E-state index in [2.05, 4.69) is 33.3 Å². The summed E-state index contributed by atoms with van der Waals surface area (Å²) in [4.78, 5) is 28.8. The van der Waals surface area contributed by atoms with E-state index in [9.17, 15) is 4.79 Å². The summed E-state index contributed by atoms with van der Waals surface area (Å²) in [6, 6.07) is 6.49. The van der Waals surface area contributed by atoms with Crippen LogP contribution < -0.4 is 0 Å². The second-order valence-corrected chi connectivity index (χ2v) is 13.0. The van der Waals surface area contributed by atoms with Crippen LogP contribution in [0.15, 0.2) is 36.8 Å². The Kier molecular flexibility index (Phi) is 5.59. The van der Waals surface area contributed by atoms with Gasteiger partial charge in [-0.15, -0.1) is 11.3 Å². The number of aromatic nitrogens is 5. The quantitative estimate of drug-likeness (QED) is 0.274. The number of ether oxygens (including phenoxy) is 2. The van der Waals surface area contributed by atoms with E-state index < -0.39 is 11.2 Å². The molecule has 0 saturated carbocycles. The van der Waals surface area contributed by atoms with Crippen LogP contribution in [0.4, 0.5) is 4.79 Å². The number of aryl methyl sites for hydroxylation is 2. The normalized spacial score (nSPS) is 16.8. The number of hydrogen-bond donors (Lipinski definition) is 1. The molecule has 4 aromatic heterocycles. The fourth-order valence-corrected chi connectivity index (χ4v) is 6.94. The third-order valence-corrected chi connectivity index (χ3v) is 8.92. The third-order valence-electron chi connectivity index (χ3n) is 7.99. The molecule has 1 amide bonds. The Bertz CT molecular complexity index is 1780. The van der Waals surface area contributed by atoms with Crippen LogP contribution >= 0.6 is 11.3 Å². The van der Waals surface area contributed by atoms with Crippen molar-refractivity contribution in [1.82, 2.24) is 29.6 Å². The van der Waals surface area contributed by atoms with Crippen LogP contribution in [0.1, 0.15) is 49.7 Å². The first-order valence-corrected chi connectivity index (χ1v) is 14.4. The summed E-state index contributed by atoms with van der Waals surface area (Å²) in [5.74, 6) is 0. The molecule has 2 aliphatic rings. The summed E-state index contributed by atoms with van der Waals surface area (Å²) in [6.07, 6.45) is 6.90. The highest BCUT2D eigenvalue weighted by Gasteiger charge is 2.46. The number of pyridine rings is 1. The summed E-state index contributed by atoms with van der Waals surface area (Å²) in [7, 11) is 1.96. The monoisotopic (exact) mass is 556 g/mol. The molecule has 9 nitrogen and oxygen atoms in total. The smallest absolute Gasteiger partial charge is 0.410 e. The Morgan fingerprint density at radius 1 is 1.15 bits per heavy atom. The molecule has 6 heterocycles. The molecule has 0 aliphatic carbocycles. The second kappa shape index (κ2) is 8.87. The van der Waals surface area contributed by atoms with Crippen LogP contribution in [0, 0.1) is 6.92 Å². The number of H-pyrrole nitrogens is 1. The molecule has 206 valence electrons. The van der Waals surface area contributed by atoms with Crippen molar-refractivity contribution in [2.75, 3.05) is 13.1 Å². The van der Waals surface area contributed by atoms with E-state index in [0.717, 1.165) is 54.2 Å². The van der Waals surface area contributed by atoms with Crippen LogP contribution in [0.2, 0.25) is 0 Å². The van der Waals surface area contributed by atoms with Crippen molar-refractivity contribution in [3.8, 4) is 21.7 Å². The zero-order chi connectivity index (χ0) is 27.8. The van der Waals surface area contributed by atoms with Crippen molar-refractivity contribution in [3.63, 3.8) is 0 Å². The average molecular weight is 557 g/mol. The molecule has 40 heavy (non-hydrogen) atoms. The second-order valence-electron chi connectivity index (χ2n) is 11.8. The van der Waals surface area contributed by atoms with Gasteiger partial charge in [-0.1, -0.05) is 6.07 Å². The lowest BCUT2D eigenvalue weighted by molar-refractivity contribution is -0.0790. The van der Waals surface area contributed by atoms with Gasteiger partial charge in [-0.2, -0.15) is 5.10 Å². The van der Waals surface area contributed by atoms with Gasteiger partial charge in [0.15, 0.2) is 0 Å². The molecule has 1 spiro atoms. The Morgan fingerprint density at radius 3 is 2.67 bits per heavy atom. The lowest BCUT2D eigenvalue weighted by Gasteiger charge is -2.39. The van der Waals surface area contributed by atoms with Crippen LogP contribution in [-0.4, -0.2) is 54.4 Å². The van der Waals surface area contributed by atoms with Crippen molar-refractivity contribution >= 4 is 39.4 Å². The van der Waals surface area contributed by atoms with Crippen LogP contribution in [0.25, 0.3) is 43.6 Å². The number of carbonyl (C=O) groups is 1. The van der Waals surface area contributed by atoms with E-state index in [1.807, 2.05) is 58.0 Å². The summed E-state index contributed by atoms with van der Waals surface area (Å²) >= 11 is 1.66. The number of carbonyl (C=O) groups excluding carboxylic acids is 1. The molecule has 1 fully saturated rings. The molecule has 5 aromatic rings. The lowest BCUT2D eigenvalue weighted by atomic mass is 9.81. The SMILES string of the molecule is Cc1ncc(-c2[nH]c3ncc4c(c3c2-c2ccc3c(cnn3C)c2)C2(CCN(C(=O)OC(C)(C)C)CC2)OC4)s1. The van der Waals surface area contributed by atoms with Crippen LogP contribution in [0.3, 0.4) is 0 Å². The number of nitrogens with zero attached hydrogens (tertiary/aromatic N) is 5. The molecule has 7 rings (SSSR count). The number of hydrogen-bond acceptors (Lipinski definition) is 7. The zero-order valence-electron chi connectivity index (χ0n) is 23.4. The fourth-order valence-electron chi connectivity index (χ4n) is 6.15. The van der Waals surface area contributed by atoms with E-state index in [0.29, 0.717) is 32.5 Å². The Hall–Kier alpha value is -3.76. The Morgan fingerprint density at radius 2 is 1.95 bits per heavy atom. The Labute approximate surface area is 236 Å². The standard InChI is InChI=1S/C30H32N6O3S/c1-17-31-15-22(40-17)26-23(18-6-7-21-19(12-18)14-33-35(21)5)24-25-20(13-32-27(24)34-26)16-38-30(25)8-10-36(11-9-30)28(37)39-29(2,3)4/h6-7,12-15H,8-11,16H2,1-5H3,(H,32,34). The average Bonchev–Trinajstić information content (AvgIpc) is 3.68. The summed E-state index contributed by atoms with van der Waals surface area (Å²) in [5.41, 5.74) is 6.39. The molecule has 0 bridgehead atoms. The van der Waals surface area contributed by atoms with Crippen molar-refractivity contribution in [3.05, 3.63) is 52.9 Å². The molecule has 0 unspecified atom stereocenters. The zero-order valence-corrected chi connectivity index (χ0v) is 24.2. The van der Waals surface area contributed by atoms with Crippen molar-refractivity contribution in [2.45, 2.75) is 58.3 Å². The molecule has 1 N–H and O–H groups in total. The molecule has 0 atom stereocenters. The van der Waals surface area contributed by atoms with Gasteiger partial charge in [0.25, 0.3) is 0 Å². The highest BCUT2D eigenvalue weighted by Crippen LogP contribution is 2.51. The maximum atomic E-state index is 12.8. The van der Waals surface area contributed by atoms with Gasteiger partial charge in [-0.25, -0.2) is 14.8 Å². The van der Waals surface area contributed by atoms with Crippen molar-refractivity contribution in [1.29, 1.82) is 0 Å². The van der Waals surface area contributed by atoms with Gasteiger partial charge in [-0.3, -0.25) is 4.68 Å². The summed E-state index contributed by atoms with van der Waals surface area (Å²) in [5, 5.41) is 7.64. The van der Waals surface area contributed by atoms with Crippen molar-refractivity contribution < 1.29 is 14.3 Å². The first-order valence-electron chi connectivity index (χ1n) is 13.6. The number of thiazole rings is 1. The van der Waals surface area contributed by atoms with Gasteiger partial charge in [0, 0.05) is 60.0 Å². The number of piperidine rings is 1. The molecular formula is C30H32N6O3S. The van der Waals surface area contributed by atoms with E-state index in [4.69, 9.17) is 14.5 Å². The largest absolute Gasteiger partial charge is 0.444 e. The van der Waals surface area contributed by atoms with Gasteiger partial charge < -0.3 is 19.4 Å². The predicted octanol–water partition coefficient (Wildman–Crippen LogP) is 6.30. The number of likely N-dealkylation sites (tertiary alicyclic amines) is 1. The molecule has 0 radical (unpaired) electrons. The van der Waals surface area contributed by atoms with Crippen LogP contribution in [-0.2, 0) is 28.7 Å². The first-order chi connectivity index (χ1) is 19.1. The summed E-state index contributed by atoms with van der Waals surface area (Å²) < 4.78 is 14.2. The van der Waals surface area contributed by atoms with E-state index in [-0.39, 0.29) is 6.09 Å². The maximum Gasteiger partial charge on any atom is 0.410 e. The van der Waals surface area contributed by atoms with Gasteiger partial charge >= 0.3 is 6.09 Å². The third kappa shape index (κ3) is 4.00. The number of rotatable bonds is 2. The molecule has 10 heteroatoms. The summed E-state index contributed by atoms with van der Waals surface area (Å²) in [6.45, 7) is 9.36. The Balaban J connectivity index is 1.38. The van der Waals surface area contributed by atoms with Gasteiger partial charge in [0.2, 0.25) is 0 Å². The number of nitrogens with one attached hydrogen (secondary N) is 1. The fraction of sp³-hybridized carbons (Fsp3) is 0.400. The van der Waals surface area contributed by atoms with E-state index >= 15 is 0 Å². The predicted molar refractivity (Wildman–Crippen MR) is 155 cm³/mol. The molecule has 1 saturated heterocycles.